The summed E-state index contributed by atoms with van der Waals surface area (Å²) in [4.78, 5) is 14.0. The van der Waals surface area contributed by atoms with E-state index in [0.717, 1.165) is 28.9 Å². The van der Waals surface area contributed by atoms with E-state index >= 15 is 0 Å². The average Bonchev–Trinajstić information content (AvgIpc) is 3.17. The number of hydrogen-bond donors (Lipinski definition) is 0. The zero-order valence-electron chi connectivity index (χ0n) is 15.7. The predicted molar refractivity (Wildman–Crippen MR) is 118 cm³/mol. The van der Waals surface area contributed by atoms with Crippen LogP contribution in [0.5, 0.6) is 5.75 Å². The van der Waals surface area contributed by atoms with Crippen LogP contribution in [0.3, 0.4) is 0 Å². The lowest BCUT2D eigenvalue weighted by Gasteiger charge is -2.09. The summed E-state index contributed by atoms with van der Waals surface area (Å²) >= 11 is 9.55. The van der Waals surface area contributed by atoms with Crippen LogP contribution in [0.4, 0.5) is 0 Å². The fourth-order valence-corrected chi connectivity index (χ4v) is 2.83. The molecule has 0 saturated carbocycles. The molecule has 2 aromatic carbocycles. The van der Waals surface area contributed by atoms with Crippen molar-refractivity contribution >= 4 is 39.5 Å². The van der Waals surface area contributed by atoms with Crippen molar-refractivity contribution in [1.82, 2.24) is 9.55 Å². The third-order valence-electron chi connectivity index (χ3n) is 4.16. The van der Waals surface area contributed by atoms with Crippen LogP contribution in [-0.4, -0.2) is 20.7 Å². The zero-order valence-corrected chi connectivity index (χ0v) is 17.2. The van der Waals surface area contributed by atoms with Crippen molar-refractivity contribution in [2.45, 2.75) is 13.2 Å². The minimum Gasteiger partial charge on any atom is -0.488 e. The summed E-state index contributed by atoms with van der Waals surface area (Å²) in [6, 6.07) is 24.6. The normalized spacial score (nSPS) is 10.3. The second-order valence-corrected chi connectivity index (χ2v) is 6.93. The minimum atomic E-state index is -0.508. The molecule has 2 heterocycles. The molecular weight excluding hydrogens is 407 g/mol. The number of alkyl halides is 1. The molecule has 0 atom stereocenters. The maximum Gasteiger partial charge on any atom is 0.236 e. The number of aromatic nitrogens is 2. The van der Waals surface area contributed by atoms with Gasteiger partial charge in [0.1, 0.15) is 18.0 Å². The number of nitrogens with zero attached hydrogens (tertiary/aromatic N) is 2. The molecule has 29 heavy (non-hydrogen) atoms. The number of carbonyl (C=O) groups is 1. The molecule has 6 heteroatoms. The van der Waals surface area contributed by atoms with Crippen LogP contribution in [0.1, 0.15) is 11.1 Å². The molecule has 0 radical (unpaired) electrons. The van der Waals surface area contributed by atoms with Crippen LogP contribution in [0.15, 0.2) is 85.2 Å². The molecule has 0 spiro atoms. The van der Waals surface area contributed by atoms with Gasteiger partial charge >= 0.3 is 0 Å². The van der Waals surface area contributed by atoms with Crippen LogP contribution in [0.2, 0.25) is 0 Å². The van der Waals surface area contributed by atoms with Gasteiger partial charge in [-0.2, -0.15) is 0 Å². The first kappa shape index (κ1) is 20.9. The molecule has 0 aliphatic heterocycles. The summed E-state index contributed by atoms with van der Waals surface area (Å²) in [5, 5.41) is 0.538. The summed E-state index contributed by atoms with van der Waals surface area (Å²) in [6.45, 7) is 1.36. The van der Waals surface area contributed by atoms with E-state index in [-0.39, 0.29) is 5.88 Å². The average molecular weight is 427 g/mol. The van der Waals surface area contributed by atoms with Gasteiger partial charge in [-0.15, -0.1) is 11.6 Å². The standard InChI is InChI=1S/C21H18N2O.C2H2Cl2O/c1-3-7-17(8-4-1)15-23-14-12-19-20(11-13-22-21(19)23)24-16-18-9-5-2-6-10-18;3-1-2(4)5/h1-14H,15-16H2;1H2. The predicted octanol–water partition coefficient (Wildman–Crippen LogP) is 5.65. The molecule has 0 N–H and O–H groups in total. The van der Waals surface area contributed by atoms with Crippen LogP contribution in [0.25, 0.3) is 11.0 Å². The molecule has 4 nitrogen and oxygen atoms in total. The Kier molecular flexibility index (Phi) is 7.68. The van der Waals surface area contributed by atoms with Gasteiger partial charge in [0.15, 0.2) is 0 Å². The molecule has 0 aliphatic carbocycles. The maximum atomic E-state index is 9.45. The van der Waals surface area contributed by atoms with E-state index in [9.17, 15) is 4.79 Å². The van der Waals surface area contributed by atoms with Crippen molar-refractivity contribution in [2.24, 2.45) is 0 Å². The largest absolute Gasteiger partial charge is 0.488 e. The van der Waals surface area contributed by atoms with E-state index in [1.54, 1.807) is 0 Å². The van der Waals surface area contributed by atoms with Crippen molar-refractivity contribution in [3.05, 3.63) is 96.3 Å². The number of fused-ring (bicyclic) bond motifs is 1. The molecule has 0 fully saturated rings. The highest BCUT2D eigenvalue weighted by molar-refractivity contribution is 6.67. The minimum absolute atomic E-state index is 0.0957. The van der Waals surface area contributed by atoms with E-state index in [1.807, 2.05) is 36.5 Å². The van der Waals surface area contributed by atoms with E-state index in [2.05, 4.69) is 58.2 Å². The third kappa shape index (κ3) is 6.08. The van der Waals surface area contributed by atoms with Gasteiger partial charge in [0.05, 0.1) is 11.3 Å². The highest BCUT2D eigenvalue weighted by atomic mass is 35.5. The van der Waals surface area contributed by atoms with Gasteiger partial charge < -0.3 is 9.30 Å². The number of carbonyl (C=O) groups excluding carboxylic acids is 1. The summed E-state index contributed by atoms with van der Waals surface area (Å²) in [7, 11) is 0. The maximum absolute atomic E-state index is 9.45. The van der Waals surface area contributed by atoms with E-state index < -0.39 is 5.24 Å². The Hall–Kier alpha value is -2.82. The van der Waals surface area contributed by atoms with Crippen molar-refractivity contribution in [2.75, 3.05) is 5.88 Å². The molecule has 0 bridgehead atoms. The second kappa shape index (κ2) is 10.6. The number of rotatable bonds is 6. The molecule has 0 saturated heterocycles. The van der Waals surface area contributed by atoms with E-state index in [4.69, 9.17) is 27.9 Å². The smallest absolute Gasteiger partial charge is 0.236 e. The number of ether oxygens (including phenoxy) is 1. The molecular formula is C23H20Cl2N2O2. The number of halogens is 2. The van der Waals surface area contributed by atoms with Gasteiger partial charge in [-0.25, -0.2) is 4.98 Å². The third-order valence-corrected chi connectivity index (χ3v) is 4.67. The van der Waals surface area contributed by atoms with E-state index in [1.165, 1.54) is 5.56 Å². The molecule has 4 rings (SSSR count). The Balaban J connectivity index is 0.000000431. The topological polar surface area (TPSA) is 44.1 Å². The Morgan fingerprint density at radius 1 is 0.931 bits per heavy atom. The van der Waals surface area contributed by atoms with Crippen LogP contribution < -0.4 is 4.74 Å². The second-order valence-electron chi connectivity index (χ2n) is 6.24. The summed E-state index contributed by atoms with van der Waals surface area (Å²) in [6.07, 6.45) is 3.88. The number of benzene rings is 2. The van der Waals surface area contributed by atoms with Gasteiger partial charge in [0, 0.05) is 18.9 Å². The SMILES string of the molecule is O=C(Cl)CCl.c1ccc(COc2ccnc3c2ccn3Cc2ccccc2)cc1. The summed E-state index contributed by atoms with van der Waals surface area (Å²) in [5.74, 6) is 0.775. The quantitative estimate of drug-likeness (QED) is 0.295. The highest BCUT2D eigenvalue weighted by Crippen LogP contribution is 2.26. The summed E-state index contributed by atoms with van der Waals surface area (Å²) < 4.78 is 8.17. The van der Waals surface area contributed by atoms with Gasteiger partial charge in [-0.3, -0.25) is 4.79 Å². The van der Waals surface area contributed by atoms with Crippen LogP contribution >= 0.6 is 23.2 Å². The Morgan fingerprint density at radius 3 is 2.17 bits per heavy atom. The van der Waals surface area contributed by atoms with E-state index in [0.29, 0.717) is 6.61 Å². The van der Waals surface area contributed by atoms with Crippen molar-refractivity contribution in [3.63, 3.8) is 0 Å². The van der Waals surface area contributed by atoms with Crippen molar-refractivity contribution in [3.8, 4) is 5.75 Å². The highest BCUT2D eigenvalue weighted by Gasteiger charge is 2.08. The lowest BCUT2D eigenvalue weighted by atomic mass is 10.2. The molecule has 0 aliphatic rings. The Bertz CT molecular complexity index is 1050. The molecule has 4 aromatic rings. The van der Waals surface area contributed by atoms with Gasteiger partial charge in [0.2, 0.25) is 5.24 Å². The van der Waals surface area contributed by atoms with Crippen LogP contribution in [0, 0.1) is 0 Å². The summed E-state index contributed by atoms with van der Waals surface area (Å²) in [5.41, 5.74) is 3.36. The Labute approximate surface area is 179 Å². The lowest BCUT2D eigenvalue weighted by molar-refractivity contribution is -0.109. The fourth-order valence-electron chi connectivity index (χ4n) is 2.83. The van der Waals surface area contributed by atoms with Crippen molar-refractivity contribution in [1.29, 1.82) is 0 Å². The number of pyridine rings is 1. The number of hydrogen-bond acceptors (Lipinski definition) is 3. The van der Waals surface area contributed by atoms with Gasteiger partial charge in [-0.05, 0) is 34.9 Å². The lowest BCUT2D eigenvalue weighted by Crippen LogP contribution is -2.00. The van der Waals surface area contributed by atoms with Crippen molar-refractivity contribution < 1.29 is 9.53 Å². The first-order valence-electron chi connectivity index (χ1n) is 9.06. The van der Waals surface area contributed by atoms with Gasteiger partial charge in [-0.1, -0.05) is 60.7 Å². The van der Waals surface area contributed by atoms with Crippen LogP contribution in [-0.2, 0) is 17.9 Å². The fraction of sp³-hybridized carbons (Fsp3) is 0.130. The zero-order chi connectivity index (χ0) is 20.5. The first-order chi connectivity index (χ1) is 14.2. The first-order valence-corrected chi connectivity index (χ1v) is 9.97. The monoisotopic (exact) mass is 426 g/mol. The van der Waals surface area contributed by atoms with Gasteiger partial charge in [0.25, 0.3) is 0 Å². The molecule has 0 amide bonds. The Morgan fingerprint density at radius 2 is 1.55 bits per heavy atom. The molecule has 2 aromatic heterocycles. The molecule has 0 unspecified atom stereocenters. The molecule has 148 valence electrons.